The van der Waals surface area contributed by atoms with Crippen molar-refractivity contribution in [1.82, 2.24) is 4.98 Å². The molecule has 0 aliphatic heterocycles. The van der Waals surface area contributed by atoms with Crippen molar-refractivity contribution in [2.45, 2.75) is 6.92 Å². The summed E-state index contributed by atoms with van der Waals surface area (Å²) in [4.78, 5) is 4.37. The van der Waals surface area contributed by atoms with Crippen molar-refractivity contribution in [2.24, 2.45) is 0 Å². The maximum atomic E-state index is 9.09. The molecule has 0 saturated heterocycles. The first-order valence-electron chi connectivity index (χ1n) is 7.05. The lowest BCUT2D eigenvalue weighted by molar-refractivity contribution is 0.669. The summed E-state index contributed by atoms with van der Waals surface area (Å²) in [6, 6.07) is 17.8. The number of furan rings is 1. The van der Waals surface area contributed by atoms with E-state index in [2.05, 4.69) is 23.2 Å². The fourth-order valence-corrected chi connectivity index (χ4v) is 2.87. The molecule has 22 heavy (non-hydrogen) atoms. The minimum atomic E-state index is 0.619. The summed E-state index contributed by atoms with van der Waals surface area (Å²) in [6.07, 6.45) is 1.78. The molecule has 2 aromatic heterocycles. The molecule has 0 radical (unpaired) electrons. The Labute approximate surface area is 127 Å². The Hall–Kier alpha value is -3.12. The molecule has 4 aromatic rings. The van der Waals surface area contributed by atoms with Crippen LogP contribution in [0, 0.1) is 18.3 Å². The van der Waals surface area contributed by atoms with Crippen molar-refractivity contribution in [1.29, 1.82) is 5.26 Å². The first kappa shape index (κ1) is 12.6. The van der Waals surface area contributed by atoms with Crippen molar-refractivity contribution in [3.8, 4) is 17.3 Å². The predicted molar refractivity (Wildman–Crippen MR) is 86.4 cm³/mol. The van der Waals surface area contributed by atoms with Gasteiger partial charge < -0.3 is 4.42 Å². The number of fused-ring (bicyclic) bond motifs is 3. The molecule has 0 aliphatic rings. The van der Waals surface area contributed by atoms with Gasteiger partial charge >= 0.3 is 0 Å². The molecule has 4 rings (SSSR count). The van der Waals surface area contributed by atoms with Crippen molar-refractivity contribution < 1.29 is 4.42 Å². The Morgan fingerprint density at radius 1 is 1.05 bits per heavy atom. The van der Waals surface area contributed by atoms with Crippen molar-refractivity contribution in [2.75, 3.05) is 0 Å². The zero-order valence-electron chi connectivity index (χ0n) is 12.0. The number of aryl methyl sites for hydroxylation is 1. The number of rotatable bonds is 1. The minimum Gasteiger partial charge on any atom is -0.456 e. The van der Waals surface area contributed by atoms with E-state index in [9.17, 15) is 0 Å². The number of pyridine rings is 1. The number of hydrogen-bond acceptors (Lipinski definition) is 3. The highest BCUT2D eigenvalue weighted by Gasteiger charge is 2.12. The highest BCUT2D eigenvalue weighted by molar-refractivity contribution is 6.07. The van der Waals surface area contributed by atoms with Crippen LogP contribution in [0.2, 0.25) is 0 Å². The Morgan fingerprint density at radius 2 is 1.95 bits per heavy atom. The summed E-state index contributed by atoms with van der Waals surface area (Å²) in [5, 5.41) is 11.2. The third-order valence-corrected chi connectivity index (χ3v) is 3.86. The Bertz CT molecular complexity index is 1040. The fourth-order valence-electron chi connectivity index (χ4n) is 2.87. The molecule has 0 bridgehead atoms. The van der Waals surface area contributed by atoms with Crippen LogP contribution in [0.25, 0.3) is 33.2 Å². The van der Waals surface area contributed by atoms with Gasteiger partial charge in [0.15, 0.2) is 0 Å². The second kappa shape index (κ2) is 4.71. The van der Waals surface area contributed by atoms with Gasteiger partial charge in [0.25, 0.3) is 0 Å². The van der Waals surface area contributed by atoms with Gasteiger partial charge in [-0.05, 0) is 48.9 Å². The monoisotopic (exact) mass is 284 g/mol. The van der Waals surface area contributed by atoms with Gasteiger partial charge in [0, 0.05) is 22.5 Å². The maximum absolute atomic E-state index is 9.09. The summed E-state index contributed by atoms with van der Waals surface area (Å²) in [5.74, 6) is 0. The molecule has 0 N–H and O–H groups in total. The van der Waals surface area contributed by atoms with Crippen LogP contribution in [-0.4, -0.2) is 4.98 Å². The topological polar surface area (TPSA) is 49.8 Å². The molecule has 0 fully saturated rings. The van der Waals surface area contributed by atoms with E-state index >= 15 is 0 Å². The van der Waals surface area contributed by atoms with Crippen LogP contribution in [0.15, 0.2) is 59.1 Å². The molecule has 0 aliphatic carbocycles. The Kier molecular flexibility index (Phi) is 2.70. The number of aromatic nitrogens is 1. The van der Waals surface area contributed by atoms with E-state index < -0.39 is 0 Å². The fraction of sp³-hybridized carbons (Fsp3) is 0.0526. The van der Waals surface area contributed by atoms with Gasteiger partial charge in [-0.15, -0.1) is 0 Å². The van der Waals surface area contributed by atoms with Gasteiger partial charge in [0.2, 0.25) is 0 Å². The molecule has 0 unspecified atom stereocenters. The van der Waals surface area contributed by atoms with E-state index in [-0.39, 0.29) is 0 Å². The predicted octanol–water partition coefficient (Wildman–Crippen LogP) is 4.83. The van der Waals surface area contributed by atoms with Crippen LogP contribution in [0.3, 0.4) is 0 Å². The largest absolute Gasteiger partial charge is 0.456 e. The van der Waals surface area contributed by atoms with E-state index in [1.165, 1.54) is 0 Å². The van der Waals surface area contributed by atoms with Crippen LogP contribution in [-0.2, 0) is 0 Å². The first-order valence-corrected chi connectivity index (χ1v) is 7.05. The van der Waals surface area contributed by atoms with E-state index in [0.717, 1.165) is 38.8 Å². The van der Waals surface area contributed by atoms with E-state index in [0.29, 0.717) is 5.56 Å². The minimum absolute atomic E-state index is 0.619. The third kappa shape index (κ3) is 1.86. The molecule has 0 amide bonds. The summed E-state index contributed by atoms with van der Waals surface area (Å²) < 4.78 is 5.96. The van der Waals surface area contributed by atoms with Gasteiger partial charge in [-0.1, -0.05) is 12.1 Å². The van der Waals surface area contributed by atoms with Crippen molar-refractivity contribution >= 4 is 21.9 Å². The quantitative estimate of drug-likeness (QED) is 0.503. The van der Waals surface area contributed by atoms with Crippen LogP contribution >= 0.6 is 0 Å². The Balaban J connectivity index is 2.00. The lowest BCUT2D eigenvalue weighted by Gasteiger charge is -2.00. The van der Waals surface area contributed by atoms with Crippen LogP contribution in [0.4, 0.5) is 0 Å². The molecule has 2 heterocycles. The van der Waals surface area contributed by atoms with Crippen LogP contribution < -0.4 is 0 Å². The maximum Gasteiger partial charge on any atom is 0.137 e. The SMILES string of the molecule is Cc1cc(C#N)cc2oc3cc(-c4ccccn4)ccc3c12. The molecule has 104 valence electrons. The molecule has 3 heteroatoms. The molecular weight excluding hydrogens is 272 g/mol. The number of nitriles is 1. The molecule has 0 spiro atoms. The van der Waals surface area contributed by atoms with Crippen molar-refractivity contribution in [3.05, 3.63) is 65.9 Å². The molecular formula is C19H12N2O. The highest BCUT2D eigenvalue weighted by atomic mass is 16.3. The van der Waals surface area contributed by atoms with E-state index in [1.807, 2.05) is 37.3 Å². The summed E-state index contributed by atoms with van der Waals surface area (Å²) in [6.45, 7) is 2.00. The van der Waals surface area contributed by atoms with Crippen LogP contribution in [0.5, 0.6) is 0 Å². The highest BCUT2D eigenvalue weighted by Crippen LogP contribution is 2.34. The lowest BCUT2D eigenvalue weighted by Crippen LogP contribution is -1.81. The average molecular weight is 284 g/mol. The van der Waals surface area contributed by atoms with Gasteiger partial charge in [0.1, 0.15) is 11.2 Å². The Morgan fingerprint density at radius 3 is 2.73 bits per heavy atom. The lowest BCUT2D eigenvalue weighted by atomic mass is 10.0. The van der Waals surface area contributed by atoms with Gasteiger partial charge in [0.05, 0.1) is 17.3 Å². The number of benzene rings is 2. The van der Waals surface area contributed by atoms with E-state index in [4.69, 9.17) is 9.68 Å². The zero-order valence-corrected chi connectivity index (χ0v) is 12.0. The van der Waals surface area contributed by atoms with Gasteiger partial charge in [-0.3, -0.25) is 4.98 Å². The summed E-state index contributed by atoms with van der Waals surface area (Å²) in [7, 11) is 0. The zero-order chi connectivity index (χ0) is 15.1. The molecule has 0 saturated carbocycles. The number of nitrogens with zero attached hydrogens (tertiary/aromatic N) is 2. The first-order chi connectivity index (χ1) is 10.8. The second-order valence-corrected chi connectivity index (χ2v) is 5.31. The van der Waals surface area contributed by atoms with Gasteiger partial charge in [-0.2, -0.15) is 5.26 Å². The molecule has 2 aromatic carbocycles. The smallest absolute Gasteiger partial charge is 0.137 e. The van der Waals surface area contributed by atoms with Crippen LogP contribution in [0.1, 0.15) is 11.1 Å². The second-order valence-electron chi connectivity index (χ2n) is 5.31. The van der Waals surface area contributed by atoms with E-state index in [1.54, 1.807) is 12.3 Å². The average Bonchev–Trinajstić information content (AvgIpc) is 2.93. The standard InChI is InChI=1S/C19H12N2O/c1-12-8-13(11-20)9-18-19(12)15-6-5-14(10-17(15)22-18)16-4-2-3-7-21-16/h2-10H,1H3. The van der Waals surface area contributed by atoms with Crippen molar-refractivity contribution in [3.63, 3.8) is 0 Å². The van der Waals surface area contributed by atoms with Gasteiger partial charge in [-0.25, -0.2) is 0 Å². The molecule has 0 atom stereocenters. The number of hydrogen-bond donors (Lipinski definition) is 0. The summed E-state index contributed by atoms with van der Waals surface area (Å²) in [5.41, 5.74) is 5.18. The normalized spacial score (nSPS) is 10.9. The summed E-state index contributed by atoms with van der Waals surface area (Å²) >= 11 is 0. The molecule has 3 nitrogen and oxygen atoms in total. The third-order valence-electron chi connectivity index (χ3n) is 3.86.